The summed E-state index contributed by atoms with van der Waals surface area (Å²) in [5, 5.41) is 19.6. The first-order valence-electron chi connectivity index (χ1n) is 6.99. The van der Waals surface area contributed by atoms with Gasteiger partial charge in [-0.3, -0.25) is 0 Å². The van der Waals surface area contributed by atoms with Crippen molar-refractivity contribution in [1.29, 1.82) is 0 Å². The highest BCUT2D eigenvalue weighted by Crippen LogP contribution is 2.50. The zero-order valence-electron chi connectivity index (χ0n) is 12.7. The van der Waals surface area contributed by atoms with Crippen LogP contribution in [0.25, 0.3) is 0 Å². The molecule has 3 rings (SSSR count). The Bertz CT molecular complexity index is 710. The Labute approximate surface area is 128 Å². The molecule has 116 valence electrons. The van der Waals surface area contributed by atoms with E-state index >= 15 is 0 Å². The van der Waals surface area contributed by atoms with Crippen LogP contribution in [0.5, 0.6) is 28.7 Å². The van der Waals surface area contributed by atoms with Gasteiger partial charge in [0.15, 0.2) is 23.0 Å². The lowest BCUT2D eigenvalue weighted by Gasteiger charge is -2.17. The molecule has 2 N–H and O–H groups in total. The lowest BCUT2D eigenvalue weighted by atomic mass is 9.92. The highest BCUT2D eigenvalue weighted by Gasteiger charge is 2.34. The van der Waals surface area contributed by atoms with E-state index in [4.69, 9.17) is 14.2 Å². The minimum absolute atomic E-state index is 0.0565. The van der Waals surface area contributed by atoms with Crippen molar-refractivity contribution < 1.29 is 24.4 Å². The molecule has 0 unspecified atom stereocenters. The Morgan fingerprint density at radius 2 is 1.64 bits per heavy atom. The molecule has 1 heterocycles. The molecule has 0 aliphatic carbocycles. The van der Waals surface area contributed by atoms with Crippen molar-refractivity contribution in [3.63, 3.8) is 0 Å². The highest BCUT2D eigenvalue weighted by atomic mass is 16.5. The van der Waals surface area contributed by atoms with E-state index in [2.05, 4.69) is 0 Å². The fourth-order valence-corrected chi connectivity index (χ4v) is 2.82. The molecule has 0 saturated heterocycles. The van der Waals surface area contributed by atoms with Gasteiger partial charge in [0.1, 0.15) is 11.9 Å². The van der Waals surface area contributed by atoms with Crippen LogP contribution < -0.4 is 14.2 Å². The number of phenolic OH excluding ortho intramolecular Hbond substituents is 2. The molecule has 0 saturated carbocycles. The molecule has 2 aromatic rings. The summed E-state index contributed by atoms with van der Waals surface area (Å²) in [7, 11) is 3.01. The van der Waals surface area contributed by atoms with E-state index in [0.29, 0.717) is 17.2 Å². The molecule has 5 heteroatoms. The molecule has 2 atom stereocenters. The molecule has 2 aromatic carbocycles. The molecule has 0 radical (unpaired) electrons. The van der Waals surface area contributed by atoms with Crippen molar-refractivity contribution in [1.82, 2.24) is 0 Å². The summed E-state index contributed by atoms with van der Waals surface area (Å²) in [6, 6.07) is 8.53. The van der Waals surface area contributed by atoms with Crippen LogP contribution in [0.3, 0.4) is 0 Å². The van der Waals surface area contributed by atoms with Gasteiger partial charge in [-0.1, -0.05) is 13.0 Å². The minimum Gasteiger partial charge on any atom is -0.504 e. The van der Waals surface area contributed by atoms with Crippen LogP contribution in [-0.2, 0) is 0 Å². The van der Waals surface area contributed by atoms with E-state index in [9.17, 15) is 10.2 Å². The second-order valence-corrected chi connectivity index (χ2v) is 5.32. The number of phenols is 2. The molecule has 0 spiro atoms. The minimum atomic E-state index is -0.212. The number of hydrogen-bond donors (Lipinski definition) is 2. The van der Waals surface area contributed by atoms with Gasteiger partial charge in [-0.2, -0.15) is 0 Å². The summed E-state index contributed by atoms with van der Waals surface area (Å²) < 4.78 is 16.3. The predicted molar refractivity (Wildman–Crippen MR) is 81.1 cm³/mol. The topological polar surface area (TPSA) is 68.2 Å². The lowest BCUT2D eigenvalue weighted by molar-refractivity contribution is 0.214. The zero-order valence-corrected chi connectivity index (χ0v) is 12.7. The molecule has 0 aromatic heterocycles. The summed E-state index contributed by atoms with van der Waals surface area (Å²) >= 11 is 0. The van der Waals surface area contributed by atoms with E-state index in [1.54, 1.807) is 24.3 Å². The Kier molecular flexibility index (Phi) is 3.48. The quantitative estimate of drug-likeness (QED) is 0.910. The Hall–Kier alpha value is -2.56. The van der Waals surface area contributed by atoms with Crippen LogP contribution in [0, 0.1) is 0 Å². The van der Waals surface area contributed by atoms with Crippen LogP contribution in [-0.4, -0.2) is 24.4 Å². The Balaban J connectivity index is 1.98. The SMILES string of the molecule is COc1cc([C@H]2Oc3cc(OC)c(O)cc3[C@@H]2C)ccc1O. The fraction of sp³-hybridized carbons (Fsp3) is 0.294. The molecule has 1 aliphatic rings. The number of fused-ring (bicyclic) bond motifs is 1. The van der Waals surface area contributed by atoms with Crippen molar-refractivity contribution in [3.8, 4) is 28.7 Å². The largest absolute Gasteiger partial charge is 0.504 e. The predicted octanol–water partition coefficient (Wildman–Crippen LogP) is 3.35. The van der Waals surface area contributed by atoms with Gasteiger partial charge >= 0.3 is 0 Å². The van der Waals surface area contributed by atoms with Crippen LogP contribution in [0.1, 0.15) is 30.1 Å². The van der Waals surface area contributed by atoms with Crippen molar-refractivity contribution in [2.45, 2.75) is 18.9 Å². The zero-order chi connectivity index (χ0) is 15.9. The van der Waals surface area contributed by atoms with Gasteiger partial charge in [0, 0.05) is 17.5 Å². The lowest BCUT2D eigenvalue weighted by Crippen LogP contribution is -2.07. The molecule has 0 amide bonds. The first-order valence-corrected chi connectivity index (χ1v) is 6.99. The van der Waals surface area contributed by atoms with Gasteiger partial charge in [0.2, 0.25) is 0 Å². The first kappa shape index (κ1) is 14.4. The summed E-state index contributed by atoms with van der Waals surface area (Å²) in [6.07, 6.45) is -0.212. The second kappa shape index (κ2) is 5.33. The van der Waals surface area contributed by atoms with E-state index in [-0.39, 0.29) is 23.5 Å². The second-order valence-electron chi connectivity index (χ2n) is 5.32. The maximum atomic E-state index is 9.93. The van der Waals surface area contributed by atoms with Crippen LogP contribution in [0.15, 0.2) is 30.3 Å². The van der Waals surface area contributed by atoms with Crippen molar-refractivity contribution in [2.75, 3.05) is 14.2 Å². The Morgan fingerprint density at radius 3 is 2.32 bits per heavy atom. The molecule has 1 aliphatic heterocycles. The number of methoxy groups -OCH3 is 2. The summed E-state index contributed by atoms with van der Waals surface area (Å²) in [5.74, 6) is 1.73. The summed E-state index contributed by atoms with van der Waals surface area (Å²) in [5.41, 5.74) is 1.83. The maximum Gasteiger partial charge on any atom is 0.164 e. The van der Waals surface area contributed by atoms with E-state index < -0.39 is 0 Å². The van der Waals surface area contributed by atoms with Crippen LogP contribution >= 0.6 is 0 Å². The van der Waals surface area contributed by atoms with Gasteiger partial charge in [0.25, 0.3) is 0 Å². The van der Waals surface area contributed by atoms with Gasteiger partial charge in [-0.15, -0.1) is 0 Å². The third kappa shape index (κ3) is 2.19. The number of rotatable bonds is 3. The van der Waals surface area contributed by atoms with Gasteiger partial charge in [-0.25, -0.2) is 0 Å². The van der Waals surface area contributed by atoms with Crippen LogP contribution in [0.2, 0.25) is 0 Å². The smallest absolute Gasteiger partial charge is 0.164 e. The fourth-order valence-electron chi connectivity index (χ4n) is 2.82. The van der Waals surface area contributed by atoms with Crippen LogP contribution in [0.4, 0.5) is 0 Å². The molecular weight excluding hydrogens is 284 g/mol. The standard InChI is InChI=1S/C17H18O5/c1-9-11-7-13(19)16(21-3)8-14(11)22-17(9)10-4-5-12(18)15(6-10)20-2/h4-9,17-19H,1-3H3/t9-,17-/m0/s1. The highest BCUT2D eigenvalue weighted by molar-refractivity contribution is 5.54. The van der Waals surface area contributed by atoms with E-state index in [1.165, 1.54) is 14.2 Å². The van der Waals surface area contributed by atoms with Gasteiger partial charge < -0.3 is 24.4 Å². The monoisotopic (exact) mass is 302 g/mol. The number of ether oxygens (including phenoxy) is 3. The van der Waals surface area contributed by atoms with Crippen molar-refractivity contribution in [2.24, 2.45) is 0 Å². The summed E-state index contributed by atoms with van der Waals surface area (Å²) in [4.78, 5) is 0. The third-order valence-corrected chi connectivity index (χ3v) is 4.04. The average molecular weight is 302 g/mol. The average Bonchev–Trinajstić information content (AvgIpc) is 2.83. The summed E-state index contributed by atoms with van der Waals surface area (Å²) in [6.45, 7) is 2.03. The maximum absolute atomic E-state index is 9.93. The molecule has 5 nitrogen and oxygen atoms in total. The molecule has 0 bridgehead atoms. The third-order valence-electron chi connectivity index (χ3n) is 4.04. The molecular formula is C17H18O5. The van der Waals surface area contributed by atoms with E-state index in [1.807, 2.05) is 13.0 Å². The number of hydrogen-bond acceptors (Lipinski definition) is 5. The van der Waals surface area contributed by atoms with Crippen molar-refractivity contribution >= 4 is 0 Å². The van der Waals surface area contributed by atoms with Crippen molar-refractivity contribution in [3.05, 3.63) is 41.5 Å². The number of benzene rings is 2. The van der Waals surface area contributed by atoms with E-state index in [0.717, 1.165) is 11.1 Å². The molecule has 0 fully saturated rings. The number of aromatic hydroxyl groups is 2. The molecule has 22 heavy (non-hydrogen) atoms. The Morgan fingerprint density at radius 1 is 0.955 bits per heavy atom. The normalized spacial score (nSPS) is 19.4. The van der Waals surface area contributed by atoms with Gasteiger partial charge in [0.05, 0.1) is 14.2 Å². The first-order chi connectivity index (χ1) is 10.5. The van der Waals surface area contributed by atoms with Gasteiger partial charge in [-0.05, 0) is 23.8 Å².